The van der Waals surface area contributed by atoms with E-state index in [1.165, 1.54) is 0 Å². The topological polar surface area (TPSA) is 104 Å². The zero-order valence-corrected chi connectivity index (χ0v) is 12.7. The molecule has 0 spiro atoms. The van der Waals surface area contributed by atoms with Gasteiger partial charge in [0.15, 0.2) is 0 Å². The van der Waals surface area contributed by atoms with Gasteiger partial charge in [-0.25, -0.2) is 4.98 Å². The minimum absolute atomic E-state index is 0.211. The van der Waals surface area contributed by atoms with Crippen molar-refractivity contribution in [3.05, 3.63) is 51.8 Å². The number of H-pyrrole nitrogens is 1. The molecule has 0 unspecified atom stereocenters. The fourth-order valence-corrected chi connectivity index (χ4v) is 2.59. The van der Waals surface area contributed by atoms with Crippen LogP contribution < -0.4 is 10.9 Å². The second-order valence-corrected chi connectivity index (χ2v) is 5.49. The number of ether oxygens (including phenoxy) is 1. The Morgan fingerprint density at radius 1 is 1.43 bits per heavy atom. The van der Waals surface area contributed by atoms with Gasteiger partial charge in [-0.05, 0) is 24.5 Å². The maximum atomic E-state index is 12.2. The standard InChI is InChI=1S/C16H19N5O2/c17-9-13-15(19-12-3-6-23-7-4-12)20-14(21-16(13)22)8-11-2-1-5-18-10-11/h1-2,5,9-10,12,17H,3-4,6-8H2,(H2,19,20,21,22). The van der Waals surface area contributed by atoms with E-state index in [4.69, 9.17) is 10.1 Å². The van der Waals surface area contributed by atoms with Crippen molar-refractivity contribution in [3.63, 3.8) is 0 Å². The molecule has 3 N–H and O–H groups in total. The predicted octanol–water partition coefficient (Wildman–Crippen LogP) is 1.34. The lowest BCUT2D eigenvalue weighted by molar-refractivity contribution is 0.0904. The third-order valence-corrected chi connectivity index (χ3v) is 3.81. The summed E-state index contributed by atoms with van der Waals surface area (Å²) in [6, 6.07) is 3.99. The molecule has 7 nitrogen and oxygen atoms in total. The Morgan fingerprint density at radius 3 is 2.96 bits per heavy atom. The minimum atomic E-state index is -0.302. The minimum Gasteiger partial charge on any atom is -0.381 e. The van der Waals surface area contributed by atoms with Gasteiger partial charge in [0.05, 0.1) is 5.56 Å². The van der Waals surface area contributed by atoms with Crippen LogP contribution >= 0.6 is 0 Å². The van der Waals surface area contributed by atoms with Gasteiger partial charge < -0.3 is 20.4 Å². The van der Waals surface area contributed by atoms with Gasteiger partial charge in [-0.2, -0.15) is 0 Å². The first kappa shape index (κ1) is 15.4. The van der Waals surface area contributed by atoms with Crippen LogP contribution in [0.15, 0.2) is 29.3 Å². The third-order valence-electron chi connectivity index (χ3n) is 3.81. The van der Waals surface area contributed by atoms with Gasteiger partial charge in [-0.3, -0.25) is 9.78 Å². The molecule has 7 heteroatoms. The highest BCUT2D eigenvalue weighted by Crippen LogP contribution is 2.15. The summed E-state index contributed by atoms with van der Waals surface area (Å²) in [6.45, 7) is 1.40. The van der Waals surface area contributed by atoms with Crippen molar-refractivity contribution in [3.8, 4) is 0 Å². The molecule has 0 aliphatic carbocycles. The van der Waals surface area contributed by atoms with Crippen molar-refractivity contribution in [2.75, 3.05) is 18.5 Å². The molecule has 3 heterocycles. The van der Waals surface area contributed by atoms with Crippen molar-refractivity contribution in [1.29, 1.82) is 5.41 Å². The summed E-state index contributed by atoms with van der Waals surface area (Å²) in [4.78, 5) is 23.5. The van der Waals surface area contributed by atoms with Crippen molar-refractivity contribution in [1.82, 2.24) is 15.0 Å². The molecule has 0 amide bonds. The van der Waals surface area contributed by atoms with Crippen molar-refractivity contribution in [2.24, 2.45) is 0 Å². The Hall–Kier alpha value is -2.54. The lowest BCUT2D eigenvalue weighted by Crippen LogP contribution is -2.30. The lowest BCUT2D eigenvalue weighted by Gasteiger charge is -2.24. The van der Waals surface area contributed by atoms with Gasteiger partial charge in [0.1, 0.15) is 11.6 Å². The van der Waals surface area contributed by atoms with E-state index < -0.39 is 0 Å². The molecular weight excluding hydrogens is 294 g/mol. The predicted molar refractivity (Wildman–Crippen MR) is 87.3 cm³/mol. The fourth-order valence-electron chi connectivity index (χ4n) is 2.59. The quantitative estimate of drug-likeness (QED) is 0.723. The summed E-state index contributed by atoms with van der Waals surface area (Å²) in [5.74, 6) is 1.03. The molecule has 0 aromatic carbocycles. The maximum absolute atomic E-state index is 12.2. The molecule has 0 radical (unpaired) electrons. The number of rotatable bonds is 5. The molecule has 2 aromatic rings. The Kier molecular flexibility index (Phi) is 4.77. The molecule has 2 aromatic heterocycles. The van der Waals surface area contributed by atoms with Crippen LogP contribution in [0.1, 0.15) is 29.8 Å². The van der Waals surface area contributed by atoms with Crippen LogP contribution in [0.3, 0.4) is 0 Å². The molecule has 1 fully saturated rings. The van der Waals surface area contributed by atoms with Gasteiger partial charge >= 0.3 is 0 Å². The van der Waals surface area contributed by atoms with E-state index in [1.54, 1.807) is 12.4 Å². The van der Waals surface area contributed by atoms with E-state index >= 15 is 0 Å². The third kappa shape index (κ3) is 3.81. The summed E-state index contributed by atoms with van der Waals surface area (Å²) in [7, 11) is 0. The summed E-state index contributed by atoms with van der Waals surface area (Å²) >= 11 is 0. The second-order valence-electron chi connectivity index (χ2n) is 5.49. The molecule has 1 aliphatic heterocycles. The summed E-state index contributed by atoms with van der Waals surface area (Å²) < 4.78 is 5.34. The Bertz CT molecular complexity index is 723. The molecule has 1 aliphatic rings. The van der Waals surface area contributed by atoms with Crippen LogP contribution in [-0.2, 0) is 11.2 Å². The lowest BCUT2D eigenvalue weighted by atomic mass is 10.1. The van der Waals surface area contributed by atoms with Gasteiger partial charge in [0, 0.05) is 44.3 Å². The molecule has 3 rings (SSSR count). The number of anilines is 1. The number of nitrogens with one attached hydrogen (secondary N) is 3. The van der Waals surface area contributed by atoms with Crippen LogP contribution in [0, 0.1) is 5.41 Å². The van der Waals surface area contributed by atoms with Gasteiger partial charge in [0.2, 0.25) is 0 Å². The van der Waals surface area contributed by atoms with E-state index in [-0.39, 0.29) is 17.2 Å². The monoisotopic (exact) mass is 313 g/mol. The largest absolute Gasteiger partial charge is 0.381 e. The van der Waals surface area contributed by atoms with Gasteiger partial charge in [-0.1, -0.05) is 6.07 Å². The highest BCUT2D eigenvalue weighted by molar-refractivity contribution is 5.83. The Balaban J connectivity index is 1.87. The van der Waals surface area contributed by atoms with Crippen molar-refractivity contribution < 1.29 is 4.74 Å². The first-order valence-electron chi connectivity index (χ1n) is 7.63. The number of hydrogen-bond donors (Lipinski definition) is 3. The van der Waals surface area contributed by atoms with Crippen LogP contribution in [0.4, 0.5) is 5.82 Å². The Morgan fingerprint density at radius 2 is 2.26 bits per heavy atom. The normalized spacial score (nSPS) is 15.3. The highest BCUT2D eigenvalue weighted by atomic mass is 16.5. The average molecular weight is 313 g/mol. The smallest absolute Gasteiger partial charge is 0.261 e. The number of aromatic amines is 1. The van der Waals surface area contributed by atoms with E-state index in [0.29, 0.717) is 31.3 Å². The fraction of sp³-hybridized carbons (Fsp3) is 0.375. The van der Waals surface area contributed by atoms with Gasteiger partial charge in [0.25, 0.3) is 5.56 Å². The summed E-state index contributed by atoms with van der Waals surface area (Å²) in [5.41, 5.74) is 0.921. The number of nitrogens with zero attached hydrogens (tertiary/aromatic N) is 2. The molecule has 1 saturated heterocycles. The van der Waals surface area contributed by atoms with Crippen LogP contribution in [0.25, 0.3) is 0 Å². The Labute approximate surface area is 133 Å². The molecule has 0 atom stereocenters. The summed E-state index contributed by atoms with van der Waals surface area (Å²) in [6.07, 6.45) is 6.71. The average Bonchev–Trinajstić information content (AvgIpc) is 2.57. The van der Waals surface area contributed by atoms with Crippen LogP contribution in [-0.4, -0.2) is 40.4 Å². The maximum Gasteiger partial charge on any atom is 0.261 e. The molecule has 23 heavy (non-hydrogen) atoms. The molecular formula is C16H19N5O2. The molecule has 0 bridgehead atoms. The van der Waals surface area contributed by atoms with Gasteiger partial charge in [-0.15, -0.1) is 0 Å². The second kappa shape index (κ2) is 7.15. The van der Waals surface area contributed by atoms with Crippen molar-refractivity contribution >= 4 is 12.0 Å². The van der Waals surface area contributed by atoms with E-state index in [1.807, 2.05) is 12.1 Å². The van der Waals surface area contributed by atoms with Crippen LogP contribution in [0.5, 0.6) is 0 Å². The SMILES string of the molecule is N=Cc1c(NC2CCOCC2)nc(Cc2cccnc2)[nH]c1=O. The molecule has 0 saturated carbocycles. The number of aromatic nitrogens is 3. The number of hydrogen-bond acceptors (Lipinski definition) is 6. The first-order chi connectivity index (χ1) is 11.3. The molecule has 120 valence electrons. The highest BCUT2D eigenvalue weighted by Gasteiger charge is 2.17. The number of pyridine rings is 1. The zero-order chi connectivity index (χ0) is 16.1. The van der Waals surface area contributed by atoms with Crippen LogP contribution in [0.2, 0.25) is 0 Å². The van der Waals surface area contributed by atoms with E-state index in [9.17, 15) is 4.79 Å². The summed E-state index contributed by atoms with van der Waals surface area (Å²) in [5, 5.41) is 10.8. The van der Waals surface area contributed by atoms with Crippen molar-refractivity contribution in [2.45, 2.75) is 25.3 Å². The van der Waals surface area contributed by atoms with E-state index in [2.05, 4.69) is 20.3 Å². The van der Waals surface area contributed by atoms with E-state index in [0.717, 1.165) is 24.6 Å². The zero-order valence-electron chi connectivity index (χ0n) is 12.7. The first-order valence-corrected chi connectivity index (χ1v) is 7.63.